The van der Waals surface area contributed by atoms with Crippen molar-refractivity contribution in [2.75, 3.05) is 19.4 Å². The van der Waals surface area contributed by atoms with Gasteiger partial charge >= 0.3 is 5.97 Å². The average molecular weight is 643 g/mol. The zero-order valence-corrected chi connectivity index (χ0v) is 27.1. The number of likely N-dealkylation sites (N-methyl/N-ethyl adjacent to an activating group) is 1. The lowest BCUT2D eigenvalue weighted by Crippen LogP contribution is -2.26. The Kier molecular flexibility index (Phi) is 9.38. The number of hydrogen-bond acceptors (Lipinski definition) is 4. The highest BCUT2D eigenvalue weighted by molar-refractivity contribution is 6.07. The molecule has 0 saturated heterocycles. The maximum atomic E-state index is 13.7. The number of fused-ring (bicyclic) bond motifs is 1. The number of pyridine rings is 1. The first kappa shape index (κ1) is 32.2. The van der Waals surface area contributed by atoms with E-state index in [0.29, 0.717) is 22.7 Å². The van der Waals surface area contributed by atoms with Crippen molar-refractivity contribution >= 4 is 40.4 Å². The smallest absolute Gasteiger partial charge is 0.328 e. The molecule has 0 spiro atoms. The van der Waals surface area contributed by atoms with Gasteiger partial charge in [0.2, 0.25) is 5.91 Å². The summed E-state index contributed by atoms with van der Waals surface area (Å²) in [5.41, 5.74) is 5.39. The van der Waals surface area contributed by atoms with Gasteiger partial charge in [-0.25, -0.2) is 4.79 Å². The van der Waals surface area contributed by atoms with Gasteiger partial charge in [-0.2, -0.15) is 0 Å². The molecule has 9 nitrogen and oxygen atoms in total. The van der Waals surface area contributed by atoms with Crippen LogP contribution < -0.4 is 10.9 Å². The number of hydrogen-bond donors (Lipinski definition) is 2. The van der Waals surface area contributed by atoms with Crippen LogP contribution in [0.2, 0.25) is 0 Å². The largest absolute Gasteiger partial charge is 0.478 e. The van der Waals surface area contributed by atoms with Crippen molar-refractivity contribution in [1.29, 1.82) is 0 Å². The van der Waals surface area contributed by atoms with Crippen molar-refractivity contribution in [2.24, 2.45) is 0 Å². The number of benzene rings is 3. The van der Waals surface area contributed by atoms with Gasteiger partial charge in [-0.3, -0.25) is 19.0 Å². The van der Waals surface area contributed by atoms with Gasteiger partial charge in [0.1, 0.15) is 12.2 Å². The van der Waals surface area contributed by atoms with E-state index in [1.807, 2.05) is 30.3 Å². The van der Waals surface area contributed by atoms with E-state index in [2.05, 4.69) is 22.0 Å². The van der Waals surface area contributed by atoms with Gasteiger partial charge in [-0.05, 0) is 77.9 Å². The van der Waals surface area contributed by atoms with E-state index < -0.39 is 17.4 Å². The predicted octanol–water partition coefficient (Wildman–Crippen LogP) is 6.95. The monoisotopic (exact) mass is 642 g/mol. The minimum absolute atomic E-state index is 0.0510. The highest BCUT2D eigenvalue weighted by Crippen LogP contribution is 2.44. The molecule has 1 saturated carbocycles. The summed E-state index contributed by atoms with van der Waals surface area (Å²) in [6.45, 7) is 0.125. The Morgan fingerprint density at radius 1 is 0.917 bits per heavy atom. The van der Waals surface area contributed by atoms with Crippen LogP contribution in [0.4, 0.5) is 5.69 Å². The quantitative estimate of drug-likeness (QED) is 0.169. The third-order valence-electron chi connectivity index (χ3n) is 9.00. The summed E-state index contributed by atoms with van der Waals surface area (Å²) in [4.78, 5) is 52.8. The summed E-state index contributed by atoms with van der Waals surface area (Å²) in [7, 11) is 3.49. The second-order valence-electron chi connectivity index (χ2n) is 12.4. The Morgan fingerprint density at radius 2 is 1.65 bits per heavy atom. The standard InChI is InChI=1S/C39H38N4O5/c1-41(2)34(44)25-43-33-24-29(18-21-31(33)36(27-10-5-3-6-11-27)37(43)28-12-7-4-8-13-28)38(47)40-32-14-9-23-42(39(32)48)30-19-15-26(16-20-30)17-22-35(45)46/h4,7-9,12-24,27H,3,5-6,10-11,25H2,1-2H3,(H,40,47)(H,45,46). The molecule has 9 heteroatoms. The molecule has 48 heavy (non-hydrogen) atoms. The topological polar surface area (TPSA) is 114 Å². The number of carboxylic acid groups (broad SMARTS) is 1. The number of rotatable bonds is 9. The molecule has 2 aromatic heterocycles. The van der Waals surface area contributed by atoms with Crippen LogP contribution in [-0.4, -0.2) is 51.0 Å². The molecular formula is C39H38N4O5. The molecule has 0 atom stereocenters. The van der Waals surface area contributed by atoms with Gasteiger partial charge in [0.15, 0.2) is 0 Å². The average Bonchev–Trinajstić information content (AvgIpc) is 3.42. The highest BCUT2D eigenvalue weighted by atomic mass is 16.4. The molecule has 244 valence electrons. The Hall–Kier alpha value is -5.70. The summed E-state index contributed by atoms with van der Waals surface area (Å²) >= 11 is 0. The number of nitrogens with one attached hydrogen (secondary N) is 1. The summed E-state index contributed by atoms with van der Waals surface area (Å²) in [6, 6.07) is 25.8. The number of aromatic nitrogens is 2. The van der Waals surface area contributed by atoms with E-state index >= 15 is 0 Å². The van der Waals surface area contributed by atoms with Crippen LogP contribution in [-0.2, 0) is 16.1 Å². The normalized spacial score (nSPS) is 13.5. The van der Waals surface area contributed by atoms with Gasteiger partial charge in [0, 0.05) is 43.0 Å². The van der Waals surface area contributed by atoms with Crippen molar-refractivity contribution in [1.82, 2.24) is 14.0 Å². The molecule has 0 aliphatic heterocycles. The number of carbonyl (C=O) groups is 3. The zero-order chi connectivity index (χ0) is 33.8. The number of anilines is 1. The van der Waals surface area contributed by atoms with E-state index in [-0.39, 0.29) is 18.1 Å². The maximum absolute atomic E-state index is 13.7. The first-order chi connectivity index (χ1) is 23.2. The molecule has 3 aromatic carbocycles. The third kappa shape index (κ3) is 6.71. The maximum Gasteiger partial charge on any atom is 0.328 e. The number of nitrogens with zero attached hydrogens (tertiary/aromatic N) is 3. The number of carboxylic acids is 1. The van der Waals surface area contributed by atoms with E-state index in [1.165, 1.54) is 22.6 Å². The highest BCUT2D eigenvalue weighted by Gasteiger charge is 2.28. The van der Waals surface area contributed by atoms with Crippen molar-refractivity contribution < 1.29 is 19.5 Å². The lowest BCUT2D eigenvalue weighted by Gasteiger charge is -2.24. The lowest BCUT2D eigenvalue weighted by atomic mass is 9.82. The van der Waals surface area contributed by atoms with Crippen molar-refractivity contribution in [3.63, 3.8) is 0 Å². The SMILES string of the molecule is CN(C)C(=O)Cn1c(-c2ccccc2)c(C2CCCCC2)c2ccc(C(=O)Nc3cccn(-c4ccc(C=CC(=O)O)cc4)c3=O)cc21. The first-order valence-corrected chi connectivity index (χ1v) is 16.2. The molecule has 2 amide bonds. The van der Waals surface area contributed by atoms with Crippen LogP contribution in [0.1, 0.15) is 59.5 Å². The van der Waals surface area contributed by atoms with Gasteiger partial charge < -0.3 is 19.9 Å². The van der Waals surface area contributed by atoms with E-state index in [4.69, 9.17) is 5.11 Å². The molecule has 1 aliphatic rings. The molecule has 0 bridgehead atoms. The summed E-state index contributed by atoms with van der Waals surface area (Å²) in [6.07, 6.45) is 9.80. The predicted molar refractivity (Wildman–Crippen MR) is 189 cm³/mol. The minimum atomic E-state index is -1.05. The van der Waals surface area contributed by atoms with E-state index in [1.54, 1.807) is 67.7 Å². The van der Waals surface area contributed by atoms with E-state index in [9.17, 15) is 19.2 Å². The molecule has 6 rings (SSSR count). The Bertz CT molecular complexity index is 2070. The zero-order valence-electron chi connectivity index (χ0n) is 27.1. The third-order valence-corrected chi connectivity index (χ3v) is 9.00. The fourth-order valence-electron chi connectivity index (χ4n) is 6.57. The summed E-state index contributed by atoms with van der Waals surface area (Å²) in [5, 5.41) is 12.7. The number of carbonyl (C=O) groups excluding carboxylic acids is 2. The molecular weight excluding hydrogens is 604 g/mol. The Balaban J connectivity index is 1.39. The van der Waals surface area contributed by atoms with Crippen molar-refractivity contribution in [3.05, 3.63) is 124 Å². The number of aliphatic carboxylic acids is 1. The van der Waals surface area contributed by atoms with Crippen LogP contribution in [0.25, 0.3) is 33.9 Å². The molecule has 0 unspecified atom stereocenters. The van der Waals surface area contributed by atoms with Crippen LogP contribution in [0, 0.1) is 0 Å². The molecule has 5 aromatic rings. The second kappa shape index (κ2) is 14.0. The first-order valence-electron chi connectivity index (χ1n) is 16.2. The molecule has 2 N–H and O–H groups in total. The molecule has 2 heterocycles. The van der Waals surface area contributed by atoms with Crippen molar-refractivity contribution in [3.8, 4) is 16.9 Å². The molecule has 1 aliphatic carbocycles. The van der Waals surface area contributed by atoms with Crippen LogP contribution in [0.5, 0.6) is 0 Å². The second-order valence-corrected chi connectivity index (χ2v) is 12.4. The minimum Gasteiger partial charge on any atom is -0.478 e. The van der Waals surface area contributed by atoms with Crippen LogP contribution in [0.15, 0.2) is 102 Å². The van der Waals surface area contributed by atoms with E-state index in [0.717, 1.165) is 53.9 Å². The van der Waals surface area contributed by atoms with Gasteiger partial charge in [0.25, 0.3) is 11.5 Å². The molecule has 1 fully saturated rings. The fraction of sp³-hybridized carbons (Fsp3) is 0.231. The Labute approximate surface area is 278 Å². The Morgan fingerprint density at radius 3 is 2.33 bits per heavy atom. The number of amides is 2. The van der Waals surface area contributed by atoms with Crippen LogP contribution >= 0.6 is 0 Å². The van der Waals surface area contributed by atoms with Gasteiger partial charge in [0.05, 0.1) is 11.2 Å². The van der Waals surface area contributed by atoms with Gasteiger partial charge in [-0.1, -0.05) is 67.8 Å². The summed E-state index contributed by atoms with van der Waals surface area (Å²) in [5.74, 6) is -1.19. The molecule has 0 radical (unpaired) electrons. The summed E-state index contributed by atoms with van der Waals surface area (Å²) < 4.78 is 3.47. The lowest BCUT2D eigenvalue weighted by molar-refractivity contribution is -0.131. The fourth-order valence-corrected chi connectivity index (χ4v) is 6.57. The van der Waals surface area contributed by atoms with Crippen LogP contribution in [0.3, 0.4) is 0 Å². The van der Waals surface area contributed by atoms with Gasteiger partial charge in [-0.15, -0.1) is 0 Å². The van der Waals surface area contributed by atoms with Crippen molar-refractivity contribution in [2.45, 2.75) is 44.6 Å².